The predicted molar refractivity (Wildman–Crippen MR) is 93.0 cm³/mol. The van der Waals surface area contributed by atoms with Gasteiger partial charge in [0, 0.05) is 30.2 Å². The highest BCUT2D eigenvalue weighted by molar-refractivity contribution is 5.93. The Morgan fingerprint density at radius 2 is 2.14 bits per heavy atom. The van der Waals surface area contributed by atoms with Gasteiger partial charge in [-0.15, -0.1) is 0 Å². The minimum absolute atomic E-state index is 0.242. The quantitative estimate of drug-likeness (QED) is 0.667. The zero-order valence-corrected chi connectivity index (χ0v) is 13.2. The summed E-state index contributed by atoms with van der Waals surface area (Å²) in [5.41, 5.74) is 10.4. The number of hydrogen-bond acceptors (Lipinski definition) is 2. The first kappa shape index (κ1) is 15.8. The van der Waals surface area contributed by atoms with Crippen LogP contribution in [-0.4, -0.2) is 10.9 Å². The lowest BCUT2D eigenvalue weighted by atomic mass is 10.0. The van der Waals surface area contributed by atoms with Gasteiger partial charge < -0.3 is 11.1 Å². The summed E-state index contributed by atoms with van der Waals surface area (Å²) in [6, 6.07) is 10.2. The predicted octanol–water partition coefficient (Wildman–Crippen LogP) is 3.74. The van der Waals surface area contributed by atoms with Crippen molar-refractivity contribution in [1.82, 2.24) is 4.98 Å². The number of nitrogens with one attached hydrogen (secondary N) is 1. The summed E-state index contributed by atoms with van der Waals surface area (Å²) in [7, 11) is 0. The largest absolute Gasteiger partial charge is 0.369 e. The number of aryl methyl sites for hydroxylation is 2. The molecule has 0 spiro atoms. The van der Waals surface area contributed by atoms with Gasteiger partial charge in [-0.2, -0.15) is 0 Å². The van der Waals surface area contributed by atoms with Crippen molar-refractivity contribution < 1.29 is 0 Å². The van der Waals surface area contributed by atoms with Crippen LogP contribution in [-0.2, 0) is 0 Å². The molecule has 114 valence electrons. The van der Waals surface area contributed by atoms with Gasteiger partial charge in [-0.05, 0) is 42.7 Å². The number of hydrogen-bond donors (Lipinski definition) is 2. The molecule has 2 aromatic rings. The third kappa shape index (κ3) is 4.45. The molecule has 0 saturated carbocycles. The van der Waals surface area contributed by atoms with Gasteiger partial charge in [0.05, 0.1) is 0 Å². The Labute approximate surface area is 131 Å². The molecule has 0 saturated heterocycles. The summed E-state index contributed by atoms with van der Waals surface area (Å²) in [5, 5.41) is 3.13. The zero-order valence-electron chi connectivity index (χ0n) is 13.2. The average Bonchev–Trinajstić information content (AvgIpc) is 2.51. The third-order valence-corrected chi connectivity index (χ3v) is 3.45. The topological polar surface area (TPSA) is 63.3 Å². The van der Waals surface area contributed by atoms with E-state index >= 15 is 0 Å². The number of benzene rings is 1. The molecule has 22 heavy (non-hydrogen) atoms. The SMILES string of the molecule is Cc1ccc(C)c(NC(N)=N/C=C\C(C)c2cccnc2)c1. The van der Waals surface area contributed by atoms with Crippen molar-refractivity contribution in [3.05, 3.63) is 71.7 Å². The molecule has 0 amide bonds. The van der Waals surface area contributed by atoms with Crippen LogP contribution in [0.1, 0.15) is 29.5 Å². The molecule has 1 aromatic heterocycles. The van der Waals surface area contributed by atoms with Crippen LogP contribution < -0.4 is 11.1 Å². The number of nitrogens with two attached hydrogens (primary N) is 1. The van der Waals surface area contributed by atoms with E-state index in [1.165, 1.54) is 5.56 Å². The number of aliphatic imine (C=N–C) groups is 1. The molecule has 3 N–H and O–H groups in total. The Kier molecular flexibility index (Phi) is 5.31. The maximum atomic E-state index is 5.92. The highest BCUT2D eigenvalue weighted by atomic mass is 15.1. The molecule has 4 nitrogen and oxygen atoms in total. The van der Waals surface area contributed by atoms with E-state index in [2.05, 4.69) is 40.4 Å². The fraction of sp³-hybridized carbons (Fsp3) is 0.222. The van der Waals surface area contributed by atoms with Crippen LogP contribution in [0.2, 0.25) is 0 Å². The number of nitrogens with zero attached hydrogens (tertiary/aromatic N) is 2. The third-order valence-electron chi connectivity index (χ3n) is 3.45. The van der Waals surface area contributed by atoms with E-state index < -0.39 is 0 Å². The van der Waals surface area contributed by atoms with Crippen LogP contribution >= 0.6 is 0 Å². The second-order valence-electron chi connectivity index (χ2n) is 5.37. The van der Waals surface area contributed by atoms with E-state index in [1.807, 2.05) is 38.3 Å². The fourth-order valence-corrected chi connectivity index (χ4v) is 2.05. The molecule has 0 bridgehead atoms. The van der Waals surface area contributed by atoms with Gasteiger partial charge in [-0.3, -0.25) is 4.98 Å². The lowest BCUT2D eigenvalue weighted by molar-refractivity contribution is 0.949. The van der Waals surface area contributed by atoms with Crippen molar-refractivity contribution in [2.24, 2.45) is 10.7 Å². The van der Waals surface area contributed by atoms with Gasteiger partial charge in [0.2, 0.25) is 0 Å². The summed E-state index contributed by atoms with van der Waals surface area (Å²) in [6.07, 6.45) is 7.35. The lowest BCUT2D eigenvalue weighted by Crippen LogP contribution is -2.22. The van der Waals surface area contributed by atoms with Gasteiger partial charge in [0.15, 0.2) is 5.96 Å². The number of guanidine groups is 1. The molecule has 0 fully saturated rings. The molecule has 0 aliphatic heterocycles. The minimum Gasteiger partial charge on any atom is -0.369 e. The summed E-state index contributed by atoms with van der Waals surface area (Å²) in [6.45, 7) is 6.18. The van der Waals surface area contributed by atoms with E-state index in [0.29, 0.717) is 5.96 Å². The van der Waals surface area contributed by atoms with Crippen LogP contribution in [0.25, 0.3) is 0 Å². The summed E-state index contributed by atoms with van der Waals surface area (Å²) in [5.74, 6) is 0.620. The Bertz CT molecular complexity index is 675. The Morgan fingerprint density at radius 3 is 2.86 bits per heavy atom. The molecule has 1 heterocycles. The molecular weight excluding hydrogens is 272 g/mol. The van der Waals surface area contributed by atoms with Gasteiger partial charge >= 0.3 is 0 Å². The normalized spacial score (nSPS) is 13.3. The van der Waals surface area contributed by atoms with Gasteiger partial charge in [-0.25, -0.2) is 4.99 Å². The Balaban J connectivity index is 2.00. The van der Waals surface area contributed by atoms with Crippen LogP contribution in [0.3, 0.4) is 0 Å². The van der Waals surface area contributed by atoms with Gasteiger partial charge in [0.1, 0.15) is 0 Å². The number of anilines is 1. The van der Waals surface area contributed by atoms with Crippen molar-refractivity contribution in [3.63, 3.8) is 0 Å². The average molecular weight is 294 g/mol. The molecule has 4 heteroatoms. The molecule has 1 atom stereocenters. The first-order chi connectivity index (χ1) is 10.6. The summed E-state index contributed by atoms with van der Waals surface area (Å²) in [4.78, 5) is 8.35. The maximum absolute atomic E-state index is 5.92. The smallest absolute Gasteiger partial charge is 0.197 e. The highest BCUT2D eigenvalue weighted by Gasteiger charge is 2.01. The van der Waals surface area contributed by atoms with Gasteiger partial charge in [-0.1, -0.05) is 31.2 Å². The Morgan fingerprint density at radius 1 is 1.32 bits per heavy atom. The van der Waals surface area contributed by atoms with Crippen molar-refractivity contribution in [1.29, 1.82) is 0 Å². The molecule has 0 aliphatic rings. The summed E-state index contributed by atoms with van der Waals surface area (Å²) >= 11 is 0. The maximum Gasteiger partial charge on any atom is 0.197 e. The van der Waals surface area contributed by atoms with Crippen LogP contribution in [0.4, 0.5) is 5.69 Å². The minimum atomic E-state index is 0.242. The number of pyridine rings is 1. The second kappa shape index (κ2) is 7.41. The molecule has 2 rings (SSSR count). The van der Waals surface area contributed by atoms with Crippen molar-refractivity contribution in [3.8, 4) is 0 Å². The second-order valence-corrected chi connectivity index (χ2v) is 5.37. The van der Waals surface area contributed by atoms with E-state index in [1.54, 1.807) is 12.4 Å². The fourth-order valence-electron chi connectivity index (χ4n) is 2.05. The van der Waals surface area contributed by atoms with Crippen molar-refractivity contribution >= 4 is 11.6 Å². The zero-order chi connectivity index (χ0) is 15.9. The number of rotatable bonds is 4. The standard InChI is InChI=1S/C18H22N4/c1-13-6-7-15(3)17(11-13)22-18(19)21-10-8-14(2)16-5-4-9-20-12-16/h4-12,14H,1-3H3,(H3,19,21,22)/b10-8-. The van der Waals surface area contributed by atoms with E-state index in [4.69, 9.17) is 5.73 Å². The van der Waals surface area contributed by atoms with Gasteiger partial charge in [0.25, 0.3) is 0 Å². The summed E-state index contributed by atoms with van der Waals surface area (Å²) < 4.78 is 0. The highest BCUT2D eigenvalue weighted by Crippen LogP contribution is 2.16. The molecule has 0 aliphatic carbocycles. The van der Waals surface area contributed by atoms with E-state index in [9.17, 15) is 0 Å². The van der Waals surface area contributed by atoms with E-state index in [0.717, 1.165) is 16.8 Å². The van der Waals surface area contributed by atoms with Crippen molar-refractivity contribution in [2.45, 2.75) is 26.7 Å². The molecular formula is C18H22N4. The van der Waals surface area contributed by atoms with Crippen molar-refractivity contribution in [2.75, 3.05) is 5.32 Å². The van der Waals surface area contributed by atoms with E-state index in [-0.39, 0.29) is 5.92 Å². The number of aromatic nitrogens is 1. The monoisotopic (exact) mass is 294 g/mol. The molecule has 0 radical (unpaired) electrons. The first-order valence-electron chi connectivity index (χ1n) is 7.30. The number of allylic oxidation sites excluding steroid dienone is 1. The molecule has 1 unspecified atom stereocenters. The first-order valence-corrected chi connectivity index (χ1v) is 7.30. The van der Waals surface area contributed by atoms with Crippen LogP contribution in [0, 0.1) is 13.8 Å². The van der Waals surface area contributed by atoms with Crippen LogP contribution in [0.15, 0.2) is 60.0 Å². The Hall–Kier alpha value is -2.62. The lowest BCUT2D eigenvalue weighted by Gasteiger charge is -2.09. The van der Waals surface area contributed by atoms with Crippen LogP contribution in [0.5, 0.6) is 0 Å². The molecule has 1 aromatic carbocycles.